The standard InChI is InChI=1S/C14H29NO/c1-3-13-8-9-14(12(13)2)15-10-6-4-5-7-11-16/h12-16H,3-11H2,1-2H3. The van der Waals surface area contributed by atoms with Gasteiger partial charge in [-0.3, -0.25) is 0 Å². The first-order valence-electron chi connectivity index (χ1n) is 7.13. The Morgan fingerprint density at radius 1 is 1.12 bits per heavy atom. The highest BCUT2D eigenvalue weighted by molar-refractivity contribution is 4.86. The summed E-state index contributed by atoms with van der Waals surface area (Å²) in [4.78, 5) is 0. The number of unbranched alkanes of at least 4 members (excludes halogenated alkanes) is 3. The highest BCUT2D eigenvalue weighted by Crippen LogP contribution is 2.33. The van der Waals surface area contributed by atoms with Gasteiger partial charge in [0.25, 0.3) is 0 Å². The van der Waals surface area contributed by atoms with E-state index in [9.17, 15) is 0 Å². The van der Waals surface area contributed by atoms with E-state index in [1.54, 1.807) is 0 Å². The van der Waals surface area contributed by atoms with Crippen LogP contribution in [0.25, 0.3) is 0 Å². The van der Waals surface area contributed by atoms with Crippen LogP contribution >= 0.6 is 0 Å². The van der Waals surface area contributed by atoms with E-state index < -0.39 is 0 Å². The first kappa shape index (κ1) is 14.0. The molecule has 1 fully saturated rings. The third-order valence-electron chi connectivity index (χ3n) is 4.24. The smallest absolute Gasteiger partial charge is 0.0431 e. The molecule has 0 spiro atoms. The van der Waals surface area contributed by atoms with Gasteiger partial charge in [-0.25, -0.2) is 0 Å². The number of nitrogens with one attached hydrogen (secondary N) is 1. The number of rotatable bonds is 8. The molecule has 0 radical (unpaired) electrons. The van der Waals surface area contributed by atoms with Crippen molar-refractivity contribution in [1.82, 2.24) is 5.32 Å². The van der Waals surface area contributed by atoms with Crippen molar-refractivity contribution in [3.8, 4) is 0 Å². The fourth-order valence-corrected chi connectivity index (χ4v) is 2.99. The molecule has 0 heterocycles. The molecule has 96 valence electrons. The molecule has 1 saturated carbocycles. The van der Waals surface area contributed by atoms with Crippen molar-refractivity contribution in [2.45, 2.75) is 64.8 Å². The maximum absolute atomic E-state index is 8.67. The van der Waals surface area contributed by atoms with Crippen LogP contribution in [0.3, 0.4) is 0 Å². The largest absolute Gasteiger partial charge is 0.396 e. The van der Waals surface area contributed by atoms with Gasteiger partial charge < -0.3 is 10.4 Å². The summed E-state index contributed by atoms with van der Waals surface area (Å²) in [6.07, 6.45) is 8.80. The van der Waals surface area contributed by atoms with Crippen LogP contribution in [-0.4, -0.2) is 24.3 Å². The minimum atomic E-state index is 0.352. The molecule has 0 aromatic heterocycles. The Morgan fingerprint density at radius 3 is 2.50 bits per heavy atom. The van der Waals surface area contributed by atoms with E-state index in [1.165, 1.54) is 38.5 Å². The lowest BCUT2D eigenvalue weighted by Gasteiger charge is -2.21. The Balaban J connectivity index is 2.01. The lowest BCUT2D eigenvalue weighted by molar-refractivity contribution is 0.282. The lowest BCUT2D eigenvalue weighted by Crippen LogP contribution is -2.33. The van der Waals surface area contributed by atoms with E-state index in [-0.39, 0.29) is 0 Å². The Labute approximate surface area is 101 Å². The quantitative estimate of drug-likeness (QED) is 0.625. The third-order valence-corrected chi connectivity index (χ3v) is 4.24. The second-order valence-corrected chi connectivity index (χ2v) is 5.30. The molecular formula is C14H29NO. The van der Waals surface area contributed by atoms with Gasteiger partial charge in [-0.15, -0.1) is 0 Å². The minimum absolute atomic E-state index is 0.352. The van der Waals surface area contributed by atoms with Crippen molar-refractivity contribution in [2.24, 2.45) is 11.8 Å². The molecule has 3 atom stereocenters. The van der Waals surface area contributed by atoms with Crippen LogP contribution < -0.4 is 5.32 Å². The summed E-state index contributed by atoms with van der Waals surface area (Å²) in [6.45, 7) is 6.24. The Morgan fingerprint density at radius 2 is 1.88 bits per heavy atom. The van der Waals surface area contributed by atoms with Crippen molar-refractivity contribution >= 4 is 0 Å². The normalized spacial score (nSPS) is 29.8. The first-order chi connectivity index (χ1) is 7.79. The summed E-state index contributed by atoms with van der Waals surface area (Å²) in [5.41, 5.74) is 0. The van der Waals surface area contributed by atoms with Crippen molar-refractivity contribution < 1.29 is 5.11 Å². The van der Waals surface area contributed by atoms with Gasteiger partial charge in [0, 0.05) is 12.6 Å². The molecule has 1 rings (SSSR count). The predicted octanol–water partition coefficient (Wildman–Crippen LogP) is 2.95. The minimum Gasteiger partial charge on any atom is -0.396 e. The molecule has 0 amide bonds. The molecule has 0 saturated heterocycles. The molecule has 16 heavy (non-hydrogen) atoms. The van der Waals surface area contributed by atoms with E-state index in [1.807, 2.05) is 0 Å². The van der Waals surface area contributed by atoms with Gasteiger partial charge in [-0.05, 0) is 44.1 Å². The molecule has 0 aliphatic heterocycles. The van der Waals surface area contributed by atoms with Crippen LogP contribution in [0.5, 0.6) is 0 Å². The number of hydrogen-bond donors (Lipinski definition) is 2. The Hall–Kier alpha value is -0.0800. The molecular weight excluding hydrogens is 198 g/mol. The van der Waals surface area contributed by atoms with Gasteiger partial charge >= 0.3 is 0 Å². The molecule has 2 nitrogen and oxygen atoms in total. The van der Waals surface area contributed by atoms with Gasteiger partial charge in [0.1, 0.15) is 0 Å². The number of aliphatic hydroxyl groups excluding tert-OH is 1. The molecule has 1 aliphatic rings. The van der Waals surface area contributed by atoms with E-state index in [0.29, 0.717) is 6.61 Å². The fourth-order valence-electron chi connectivity index (χ4n) is 2.99. The summed E-state index contributed by atoms with van der Waals surface area (Å²) < 4.78 is 0. The molecule has 0 bridgehead atoms. The molecule has 2 N–H and O–H groups in total. The highest BCUT2D eigenvalue weighted by Gasteiger charge is 2.30. The Kier molecular flexibility index (Phi) is 7.06. The number of hydrogen-bond acceptors (Lipinski definition) is 2. The highest BCUT2D eigenvalue weighted by atomic mass is 16.2. The SMILES string of the molecule is CCC1CCC(NCCCCCCO)C1C. The molecule has 1 aliphatic carbocycles. The van der Waals surface area contributed by atoms with E-state index >= 15 is 0 Å². The zero-order chi connectivity index (χ0) is 11.8. The van der Waals surface area contributed by atoms with E-state index in [2.05, 4.69) is 19.2 Å². The zero-order valence-corrected chi connectivity index (χ0v) is 11.0. The van der Waals surface area contributed by atoms with Gasteiger partial charge in [-0.2, -0.15) is 0 Å². The molecule has 0 aromatic rings. The van der Waals surface area contributed by atoms with Gasteiger partial charge in [0.05, 0.1) is 0 Å². The van der Waals surface area contributed by atoms with Crippen molar-refractivity contribution in [3.63, 3.8) is 0 Å². The zero-order valence-electron chi connectivity index (χ0n) is 11.0. The number of aliphatic hydroxyl groups is 1. The van der Waals surface area contributed by atoms with Gasteiger partial charge in [-0.1, -0.05) is 33.1 Å². The maximum Gasteiger partial charge on any atom is 0.0431 e. The van der Waals surface area contributed by atoms with Crippen LogP contribution in [0, 0.1) is 11.8 Å². The molecule has 0 aromatic carbocycles. The summed E-state index contributed by atoms with van der Waals surface area (Å²) in [7, 11) is 0. The molecule has 2 heteroatoms. The first-order valence-corrected chi connectivity index (χ1v) is 7.13. The van der Waals surface area contributed by atoms with Crippen LogP contribution in [-0.2, 0) is 0 Å². The Bertz CT molecular complexity index is 172. The van der Waals surface area contributed by atoms with Crippen molar-refractivity contribution in [3.05, 3.63) is 0 Å². The van der Waals surface area contributed by atoms with Crippen molar-refractivity contribution in [2.75, 3.05) is 13.2 Å². The maximum atomic E-state index is 8.67. The average molecular weight is 227 g/mol. The summed E-state index contributed by atoms with van der Waals surface area (Å²) in [5.74, 6) is 1.81. The third kappa shape index (κ3) is 4.42. The second kappa shape index (κ2) is 8.08. The van der Waals surface area contributed by atoms with Crippen LogP contribution in [0.2, 0.25) is 0 Å². The van der Waals surface area contributed by atoms with Gasteiger partial charge in [0.2, 0.25) is 0 Å². The predicted molar refractivity (Wildman–Crippen MR) is 69.5 cm³/mol. The van der Waals surface area contributed by atoms with Crippen LogP contribution in [0.1, 0.15) is 58.8 Å². The fraction of sp³-hybridized carbons (Fsp3) is 1.00. The van der Waals surface area contributed by atoms with E-state index in [4.69, 9.17) is 5.11 Å². The average Bonchev–Trinajstić information content (AvgIpc) is 2.65. The molecule has 3 unspecified atom stereocenters. The lowest BCUT2D eigenvalue weighted by atomic mass is 9.93. The van der Waals surface area contributed by atoms with Gasteiger partial charge in [0.15, 0.2) is 0 Å². The topological polar surface area (TPSA) is 32.3 Å². The van der Waals surface area contributed by atoms with Crippen LogP contribution in [0.4, 0.5) is 0 Å². The van der Waals surface area contributed by atoms with Crippen LogP contribution in [0.15, 0.2) is 0 Å². The summed E-state index contributed by atoms with van der Waals surface area (Å²) in [5, 5.41) is 12.4. The van der Waals surface area contributed by atoms with E-state index in [0.717, 1.165) is 30.8 Å². The monoisotopic (exact) mass is 227 g/mol. The summed E-state index contributed by atoms with van der Waals surface area (Å²) >= 11 is 0. The summed E-state index contributed by atoms with van der Waals surface area (Å²) in [6, 6.07) is 0.766. The second-order valence-electron chi connectivity index (χ2n) is 5.30. The van der Waals surface area contributed by atoms with Crippen molar-refractivity contribution in [1.29, 1.82) is 0 Å².